The van der Waals surface area contributed by atoms with Crippen molar-refractivity contribution >= 4 is 17.8 Å². The minimum absolute atomic E-state index is 0.00160. The second-order valence-corrected chi connectivity index (χ2v) is 9.63. The average molecular weight is 538 g/mol. The Morgan fingerprint density at radius 1 is 1.15 bits per heavy atom. The summed E-state index contributed by atoms with van der Waals surface area (Å²) in [6, 6.07) is 11.8. The minimum Gasteiger partial charge on any atom is -0.483 e. The van der Waals surface area contributed by atoms with E-state index >= 15 is 0 Å². The zero-order valence-electron chi connectivity index (χ0n) is 20.9. The fraction of sp³-hybridized carbons (Fsp3) is 0.286. The largest absolute Gasteiger partial charge is 0.483 e. The third-order valence-corrected chi connectivity index (χ3v) is 7.25. The van der Waals surface area contributed by atoms with Gasteiger partial charge in [-0.25, -0.2) is 8.78 Å². The first-order valence-corrected chi connectivity index (χ1v) is 12.4. The molecular formula is C28H25F2N3O6. The van der Waals surface area contributed by atoms with Gasteiger partial charge in [-0.15, -0.1) is 0 Å². The zero-order valence-corrected chi connectivity index (χ0v) is 20.9. The number of aromatic nitrogens is 1. The van der Waals surface area contributed by atoms with Crippen molar-refractivity contribution in [2.75, 3.05) is 13.1 Å². The molecule has 0 saturated heterocycles. The summed E-state index contributed by atoms with van der Waals surface area (Å²) in [5, 5.41) is 12.2. The van der Waals surface area contributed by atoms with Crippen LogP contribution in [0.2, 0.25) is 0 Å². The smallest absolute Gasteiger partial charge is 0.309 e. The standard InChI is InChI=1S/C28H25F2N3O6/c1-2-32-15-28(11-20(28)27(37)38)33-13-19(25(35)31-12-17-8-9-18(29)10-21(17)30)23(34)24(22(33)26(32)36)39-14-16-6-4-3-5-7-16/h3-10,13,20H,2,11-12,14-15H2,1H3,(H,31,35)(H,37,38)/t20-,28-/m1/s1. The molecule has 1 saturated carbocycles. The predicted molar refractivity (Wildman–Crippen MR) is 134 cm³/mol. The first kappa shape index (κ1) is 26.1. The Balaban J connectivity index is 1.58. The maximum Gasteiger partial charge on any atom is 0.309 e. The number of hydrogen-bond acceptors (Lipinski definition) is 5. The van der Waals surface area contributed by atoms with Crippen molar-refractivity contribution in [1.29, 1.82) is 0 Å². The number of hydrogen-bond donors (Lipinski definition) is 2. The van der Waals surface area contributed by atoms with Crippen LogP contribution < -0.4 is 15.5 Å². The van der Waals surface area contributed by atoms with E-state index in [2.05, 4.69) is 5.32 Å². The molecule has 1 fully saturated rings. The van der Waals surface area contributed by atoms with Crippen molar-refractivity contribution in [2.24, 2.45) is 5.92 Å². The van der Waals surface area contributed by atoms with Crippen molar-refractivity contribution in [3.8, 4) is 5.75 Å². The number of benzene rings is 2. The van der Waals surface area contributed by atoms with E-state index in [1.165, 1.54) is 21.7 Å². The zero-order chi connectivity index (χ0) is 27.9. The monoisotopic (exact) mass is 537 g/mol. The van der Waals surface area contributed by atoms with Gasteiger partial charge < -0.3 is 24.6 Å². The Hall–Kier alpha value is -4.54. The summed E-state index contributed by atoms with van der Waals surface area (Å²) in [4.78, 5) is 53.7. The highest BCUT2D eigenvalue weighted by Gasteiger charge is 2.64. The Labute approximate surface area is 221 Å². The molecule has 3 aromatic rings. The van der Waals surface area contributed by atoms with Crippen molar-refractivity contribution in [2.45, 2.75) is 32.0 Å². The van der Waals surface area contributed by atoms with E-state index in [9.17, 15) is 33.1 Å². The van der Waals surface area contributed by atoms with E-state index in [1.807, 2.05) is 0 Å². The van der Waals surface area contributed by atoms with Crippen molar-refractivity contribution < 1.29 is 33.0 Å². The lowest BCUT2D eigenvalue weighted by Gasteiger charge is -2.37. The van der Waals surface area contributed by atoms with Crippen molar-refractivity contribution in [3.05, 3.63) is 99.0 Å². The summed E-state index contributed by atoms with van der Waals surface area (Å²) in [5.41, 5.74) is -1.71. The van der Waals surface area contributed by atoms with E-state index in [0.29, 0.717) is 11.6 Å². The van der Waals surface area contributed by atoms with E-state index in [0.717, 1.165) is 6.07 Å². The van der Waals surface area contributed by atoms with Gasteiger partial charge >= 0.3 is 5.97 Å². The highest BCUT2D eigenvalue weighted by atomic mass is 19.1. The lowest BCUT2D eigenvalue weighted by molar-refractivity contribution is -0.139. The molecule has 1 aliphatic heterocycles. The van der Waals surface area contributed by atoms with Gasteiger partial charge in [0.2, 0.25) is 5.43 Å². The summed E-state index contributed by atoms with van der Waals surface area (Å²) < 4.78 is 34.6. The number of nitrogens with zero attached hydrogens (tertiary/aromatic N) is 2. The molecule has 1 spiro atoms. The third kappa shape index (κ3) is 4.64. The number of likely N-dealkylation sites (N-methyl/N-ethyl adjacent to an activating group) is 1. The molecule has 1 aromatic heterocycles. The molecule has 11 heteroatoms. The van der Waals surface area contributed by atoms with Gasteiger partial charge in [0.1, 0.15) is 23.8 Å². The molecule has 9 nitrogen and oxygen atoms in total. The van der Waals surface area contributed by atoms with Gasteiger partial charge in [-0.2, -0.15) is 0 Å². The first-order valence-electron chi connectivity index (χ1n) is 12.4. The maximum atomic E-state index is 14.1. The van der Waals surface area contributed by atoms with Crippen LogP contribution in [0.5, 0.6) is 5.75 Å². The molecule has 0 unspecified atom stereocenters. The number of carboxylic acid groups (broad SMARTS) is 1. The molecule has 2 N–H and O–H groups in total. The second-order valence-electron chi connectivity index (χ2n) is 9.63. The molecule has 2 aliphatic rings. The molecule has 0 bridgehead atoms. The average Bonchev–Trinajstić information content (AvgIpc) is 3.65. The number of carboxylic acids is 1. The van der Waals surface area contributed by atoms with Crippen LogP contribution in [-0.2, 0) is 23.5 Å². The molecular weight excluding hydrogens is 512 g/mol. The SMILES string of the molecule is CCN1C[C@@]2(C[C@@H]2C(=O)O)n2cc(C(=O)NCc3ccc(F)cc3F)c(=O)c(OCc3ccccc3)c2C1=O. The molecule has 202 valence electrons. The van der Waals surface area contributed by atoms with E-state index in [4.69, 9.17) is 4.74 Å². The molecule has 0 radical (unpaired) electrons. The number of carbonyl (C=O) groups excluding carboxylic acids is 2. The summed E-state index contributed by atoms with van der Waals surface area (Å²) in [7, 11) is 0. The Kier molecular flexibility index (Phi) is 6.67. The topological polar surface area (TPSA) is 118 Å². The van der Waals surface area contributed by atoms with Crippen LogP contribution >= 0.6 is 0 Å². The number of halogens is 2. The number of carbonyl (C=O) groups is 3. The summed E-state index contributed by atoms with van der Waals surface area (Å²) in [5.74, 6) is -5.30. The van der Waals surface area contributed by atoms with Gasteiger partial charge in [0, 0.05) is 37.5 Å². The highest BCUT2D eigenvalue weighted by Crippen LogP contribution is 2.54. The molecule has 2 amide bonds. The lowest BCUT2D eigenvalue weighted by atomic mass is 10.0. The summed E-state index contributed by atoms with van der Waals surface area (Å²) >= 11 is 0. The molecule has 5 rings (SSSR count). The van der Waals surface area contributed by atoms with Gasteiger partial charge in [-0.1, -0.05) is 36.4 Å². The number of ether oxygens (including phenoxy) is 1. The molecule has 39 heavy (non-hydrogen) atoms. The van der Waals surface area contributed by atoms with Crippen molar-refractivity contribution in [1.82, 2.24) is 14.8 Å². The van der Waals surface area contributed by atoms with E-state index in [1.54, 1.807) is 37.3 Å². The van der Waals surface area contributed by atoms with Gasteiger partial charge in [-0.05, 0) is 25.0 Å². The second kappa shape index (κ2) is 9.97. The number of rotatable bonds is 8. The van der Waals surface area contributed by atoms with Crippen LogP contribution in [0.3, 0.4) is 0 Å². The highest BCUT2D eigenvalue weighted by molar-refractivity contribution is 6.00. The van der Waals surface area contributed by atoms with Gasteiger partial charge in [0.05, 0.1) is 11.5 Å². The molecule has 2 atom stereocenters. The Morgan fingerprint density at radius 2 is 1.90 bits per heavy atom. The van der Waals surface area contributed by atoms with Crippen LogP contribution in [0.25, 0.3) is 0 Å². The van der Waals surface area contributed by atoms with Crippen LogP contribution in [0.4, 0.5) is 8.78 Å². The van der Waals surface area contributed by atoms with Gasteiger partial charge in [0.25, 0.3) is 11.8 Å². The number of amides is 2. The molecule has 2 heterocycles. The first-order chi connectivity index (χ1) is 18.7. The third-order valence-electron chi connectivity index (χ3n) is 7.25. The Bertz CT molecular complexity index is 1540. The summed E-state index contributed by atoms with van der Waals surface area (Å²) in [6.45, 7) is 1.71. The maximum absolute atomic E-state index is 14.1. The Morgan fingerprint density at radius 3 is 2.54 bits per heavy atom. The predicted octanol–water partition coefficient (Wildman–Crippen LogP) is 2.91. The summed E-state index contributed by atoms with van der Waals surface area (Å²) in [6.07, 6.45) is 1.39. The van der Waals surface area contributed by atoms with Gasteiger partial charge in [0.15, 0.2) is 11.4 Å². The van der Waals surface area contributed by atoms with Crippen LogP contribution in [0, 0.1) is 17.6 Å². The van der Waals surface area contributed by atoms with E-state index < -0.39 is 51.9 Å². The minimum atomic E-state index is -1.06. The lowest BCUT2D eigenvalue weighted by Crippen LogP contribution is -2.50. The fourth-order valence-corrected chi connectivity index (χ4v) is 5.04. The fourth-order valence-electron chi connectivity index (χ4n) is 5.04. The van der Waals surface area contributed by atoms with Crippen LogP contribution in [-0.4, -0.2) is 45.4 Å². The van der Waals surface area contributed by atoms with Gasteiger partial charge in [-0.3, -0.25) is 19.2 Å². The molecule has 1 aliphatic carbocycles. The van der Waals surface area contributed by atoms with Crippen LogP contribution in [0.15, 0.2) is 59.5 Å². The molecule has 2 aromatic carbocycles. The number of fused-ring (bicyclic) bond motifs is 2. The number of pyridine rings is 1. The number of nitrogens with one attached hydrogen (secondary N) is 1. The van der Waals surface area contributed by atoms with E-state index in [-0.39, 0.29) is 49.7 Å². The van der Waals surface area contributed by atoms with Crippen LogP contribution in [0.1, 0.15) is 45.3 Å². The number of aliphatic carboxylic acids is 1. The normalized spacial score (nSPS) is 19.5. The van der Waals surface area contributed by atoms with Crippen molar-refractivity contribution in [3.63, 3.8) is 0 Å². The quantitative estimate of drug-likeness (QED) is 0.456.